The van der Waals surface area contributed by atoms with E-state index in [1.54, 1.807) is 39.0 Å². The highest BCUT2D eigenvalue weighted by molar-refractivity contribution is 6.30. The number of Topliss-reactive ketones (excluding diaryl/α,β-unsaturated/α-hetero) is 1. The van der Waals surface area contributed by atoms with Gasteiger partial charge in [0.1, 0.15) is 5.78 Å². The second-order valence-corrected chi connectivity index (χ2v) is 10.3. The first-order chi connectivity index (χ1) is 18.1. The molecule has 0 aromatic heterocycles. The van der Waals surface area contributed by atoms with Crippen LogP contribution in [0.3, 0.4) is 0 Å². The van der Waals surface area contributed by atoms with Gasteiger partial charge < -0.3 is 14.2 Å². The third-order valence-corrected chi connectivity index (χ3v) is 6.99. The van der Waals surface area contributed by atoms with Gasteiger partial charge in [-0.3, -0.25) is 14.6 Å². The quantitative estimate of drug-likeness (QED) is 0.309. The fourth-order valence-corrected chi connectivity index (χ4v) is 5.40. The maximum atomic E-state index is 13.8. The third kappa shape index (κ3) is 5.83. The lowest BCUT2D eigenvalue weighted by atomic mass is 9.66. The van der Waals surface area contributed by atoms with Crippen molar-refractivity contribution >= 4 is 35.0 Å². The summed E-state index contributed by atoms with van der Waals surface area (Å²) in [5, 5.41) is 0.637. The number of halogens is 1. The van der Waals surface area contributed by atoms with Crippen LogP contribution in [0.25, 0.3) is 0 Å². The van der Waals surface area contributed by atoms with Crippen molar-refractivity contribution in [2.45, 2.75) is 65.4 Å². The summed E-state index contributed by atoms with van der Waals surface area (Å²) in [4.78, 5) is 43.6. The van der Waals surface area contributed by atoms with Gasteiger partial charge in [0.15, 0.2) is 11.5 Å². The molecule has 2 aromatic rings. The molecule has 1 aliphatic heterocycles. The Morgan fingerprint density at radius 3 is 2.34 bits per heavy atom. The van der Waals surface area contributed by atoms with Crippen molar-refractivity contribution in [3.8, 4) is 11.5 Å². The van der Waals surface area contributed by atoms with Crippen molar-refractivity contribution in [1.82, 2.24) is 0 Å². The van der Waals surface area contributed by atoms with E-state index >= 15 is 0 Å². The van der Waals surface area contributed by atoms with Gasteiger partial charge in [-0.1, -0.05) is 29.8 Å². The molecule has 4 rings (SSSR count). The molecule has 1 aliphatic carbocycles. The van der Waals surface area contributed by atoms with Gasteiger partial charge in [0.2, 0.25) is 0 Å². The van der Waals surface area contributed by atoms with E-state index in [-0.39, 0.29) is 23.6 Å². The van der Waals surface area contributed by atoms with Crippen molar-refractivity contribution < 1.29 is 28.6 Å². The summed E-state index contributed by atoms with van der Waals surface area (Å²) in [6.07, 6.45) is 0.565. The average molecular weight is 538 g/mol. The zero-order chi connectivity index (χ0) is 27.6. The number of rotatable bonds is 7. The highest BCUT2D eigenvalue weighted by atomic mass is 35.5. The SMILES string of the molecule is CCOc1cc([C@@H]2C(C(=O)OC(C)C)=C(C)N=C3C[C@H](c4ccc(Cl)cc4)CC(=O)C32)ccc1OC(C)=O. The van der Waals surface area contributed by atoms with Gasteiger partial charge in [0.25, 0.3) is 0 Å². The lowest BCUT2D eigenvalue weighted by molar-refractivity contribution is -0.143. The molecule has 1 heterocycles. The van der Waals surface area contributed by atoms with Crippen LogP contribution in [-0.2, 0) is 19.1 Å². The fraction of sp³-hybridized carbons (Fsp3) is 0.400. The Kier molecular flexibility index (Phi) is 8.36. The Balaban J connectivity index is 1.81. The highest BCUT2D eigenvalue weighted by Gasteiger charge is 2.46. The van der Waals surface area contributed by atoms with Gasteiger partial charge in [-0.05, 0) is 75.4 Å². The van der Waals surface area contributed by atoms with Crippen molar-refractivity contribution in [1.29, 1.82) is 0 Å². The number of esters is 2. The minimum atomic E-state index is -0.619. The number of aliphatic imine (C=N–C) groups is 1. The van der Waals surface area contributed by atoms with E-state index < -0.39 is 23.8 Å². The Labute approximate surface area is 227 Å². The molecule has 0 bridgehead atoms. The van der Waals surface area contributed by atoms with E-state index in [1.807, 2.05) is 31.2 Å². The smallest absolute Gasteiger partial charge is 0.336 e. The average Bonchev–Trinajstić information content (AvgIpc) is 2.84. The molecular formula is C30H32ClNO6. The van der Waals surface area contributed by atoms with Crippen molar-refractivity contribution in [3.63, 3.8) is 0 Å². The first kappa shape index (κ1) is 27.6. The molecule has 2 aromatic carbocycles. The van der Waals surface area contributed by atoms with Gasteiger partial charge in [0, 0.05) is 35.7 Å². The van der Waals surface area contributed by atoms with Gasteiger partial charge in [-0.25, -0.2) is 4.79 Å². The number of benzene rings is 2. The van der Waals surface area contributed by atoms with Gasteiger partial charge in [-0.2, -0.15) is 0 Å². The summed E-state index contributed by atoms with van der Waals surface area (Å²) in [6, 6.07) is 12.7. The number of carbonyl (C=O) groups is 3. The molecule has 38 heavy (non-hydrogen) atoms. The largest absolute Gasteiger partial charge is 0.490 e. The first-order valence-corrected chi connectivity index (χ1v) is 13.2. The summed E-state index contributed by atoms with van der Waals surface area (Å²) in [5.41, 5.74) is 3.34. The number of allylic oxidation sites excluding steroid dienone is 1. The highest BCUT2D eigenvalue weighted by Crippen LogP contribution is 2.47. The Hall–Kier alpha value is -3.45. The Bertz CT molecular complexity index is 1310. The van der Waals surface area contributed by atoms with E-state index in [4.69, 9.17) is 30.8 Å². The van der Waals surface area contributed by atoms with Crippen LogP contribution in [0.1, 0.15) is 70.4 Å². The molecule has 0 saturated heterocycles. The van der Waals surface area contributed by atoms with Crippen LogP contribution < -0.4 is 9.47 Å². The second kappa shape index (κ2) is 11.5. The van der Waals surface area contributed by atoms with Crippen molar-refractivity contribution in [2.75, 3.05) is 6.61 Å². The van der Waals surface area contributed by atoms with Crippen LogP contribution >= 0.6 is 11.6 Å². The maximum Gasteiger partial charge on any atom is 0.336 e. The van der Waals surface area contributed by atoms with Crippen LogP contribution in [0.4, 0.5) is 0 Å². The van der Waals surface area contributed by atoms with Crippen LogP contribution in [0.5, 0.6) is 11.5 Å². The minimum absolute atomic E-state index is 0.00400. The van der Waals surface area contributed by atoms with Crippen LogP contribution in [0, 0.1) is 5.92 Å². The summed E-state index contributed by atoms with van der Waals surface area (Å²) in [6.45, 7) is 8.83. The number of fused-ring (bicyclic) bond motifs is 1. The molecule has 1 unspecified atom stereocenters. The molecule has 8 heteroatoms. The summed E-state index contributed by atoms with van der Waals surface area (Å²) < 4.78 is 16.7. The topological polar surface area (TPSA) is 91.3 Å². The van der Waals surface area contributed by atoms with Crippen LogP contribution in [0.15, 0.2) is 58.7 Å². The Morgan fingerprint density at radius 1 is 1.03 bits per heavy atom. The molecule has 0 amide bonds. The number of ketones is 1. The molecule has 2 aliphatic rings. The van der Waals surface area contributed by atoms with Crippen molar-refractivity contribution in [3.05, 3.63) is 69.9 Å². The van der Waals surface area contributed by atoms with E-state index in [0.717, 1.165) is 11.3 Å². The molecule has 200 valence electrons. The van der Waals surface area contributed by atoms with Crippen molar-refractivity contribution in [2.24, 2.45) is 10.9 Å². The lowest BCUT2D eigenvalue weighted by Gasteiger charge is -2.38. The number of carbonyl (C=O) groups excluding carboxylic acids is 3. The molecule has 3 atom stereocenters. The molecule has 1 fully saturated rings. The van der Waals surface area contributed by atoms with E-state index in [0.29, 0.717) is 47.1 Å². The normalized spacial score (nSPS) is 21.1. The number of hydrogen-bond acceptors (Lipinski definition) is 7. The van der Waals surface area contributed by atoms with Crippen LogP contribution in [0.2, 0.25) is 5.02 Å². The van der Waals surface area contributed by atoms with Gasteiger partial charge in [-0.15, -0.1) is 0 Å². The summed E-state index contributed by atoms with van der Waals surface area (Å²) in [5.74, 6) is -1.59. The zero-order valence-electron chi connectivity index (χ0n) is 22.2. The van der Waals surface area contributed by atoms with E-state index in [2.05, 4.69) is 0 Å². The molecule has 7 nitrogen and oxygen atoms in total. The zero-order valence-corrected chi connectivity index (χ0v) is 23.0. The number of hydrogen-bond donors (Lipinski definition) is 0. The number of ether oxygens (including phenoxy) is 3. The van der Waals surface area contributed by atoms with E-state index in [9.17, 15) is 14.4 Å². The fourth-order valence-electron chi connectivity index (χ4n) is 5.28. The molecule has 0 N–H and O–H groups in total. The number of nitrogens with zero attached hydrogens (tertiary/aromatic N) is 1. The molecule has 0 radical (unpaired) electrons. The molecule has 1 saturated carbocycles. The van der Waals surface area contributed by atoms with Gasteiger partial charge >= 0.3 is 11.9 Å². The molecule has 0 spiro atoms. The first-order valence-electron chi connectivity index (χ1n) is 12.8. The minimum Gasteiger partial charge on any atom is -0.490 e. The predicted molar refractivity (Wildman–Crippen MR) is 145 cm³/mol. The predicted octanol–water partition coefficient (Wildman–Crippen LogP) is 6.19. The van der Waals surface area contributed by atoms with E-state index in [1.165, 1.54) is 6.92 Å². The third-order valence-electron chi connectivity index (χ3n) is 6.74. The van der Waals surface area contributed by atoms with Gasteiger partial charge in [0.05, 0.1) is 24.2 Å². The van der Waals surface area contributed by atoms with Crippen LogP contribution in [-0.4, -0.2) is 36.1 Å². The molecular weight excluding hydrogens is 506 g/mol. The monoisotopic (exact) mass is 537 g/mol. The second-order valence-electron chi connectivity index (χ2n) is 9.87. The summed E-state index contributed by atoms with van der Waals surface area (Å²) >= 11 is 6.07. The Morgan fingerprint density at radius 2 is 1.71 bits per heavy atom. The standard InChI is InChI=1S/C30H32ClNO6/c1-6-36-26-15-20(9-12-25(26)38-18(5)33)28-27(30(35)37-16(2)3)17(4)32-23-13-21(14-24(34)29(23)28)19-7-10-22(31)11-8-19/h7-12,15-16,21,28-29H,6,13-14H2,1-5H3/t21-,28+,29?/m0/s1. The summed E-state index contributed by atoms with van der Waals surface area (Å²) in [7, 11) is 0. The lowest BCUT2D eigenvalue weighted by Crippen LogP contribution is -2.41. The maximum absolute atomic E-state index is 13.8.